The molecule has 0 spiro atoms. The number of nitrogens with one attached hydrogen (secondary N) is 1. The third-order valence-electron chi connectivity index (χ3n) is 4.32. The van der Waals surface area contributed by atoms with Gasteiger partial charge in [-0.3, -0.25) is 9.59 Å². The fourth-order valence-corrected chi connectivity index (χ4v) is 5.10. The first-order valence-electron chi connectivity index (χ1n) is 9.32. The van der Waals surface area contributed by atoms with E-state index in [2.05, 4.69) is 12.2 Å². The summed E-state index contributed by atoms with van der Waals surface area (Å²) in [6, 6.07) is -0.905. The zero-order valence-electron chi connectivity index (χ0n) is 15.7. The number of amides is 1. The van der Waals surface area contributed by atoms with Crippen molar-refractivity contribution in [3.63, 3.8) is 0 Å². The van der Waals surface area contributed by atoms with Gasteiger partial charge in [0.15, 0.2) is 0 Å². The normalized spacial score (nSPS) is 22.4. The summed E-state index contributed by atoms with van der Waals surface area (Å²) in [5.41, 5.74) is 0. The highest BCUT2D eigenvalue weighted by Gasteiger charge is 2.20. The van der Waals surface area contributed by atoms with Gasteiger partial charge in [-0.2, -0.15) is 0 Å². The molecule has 0 aromatic heterocycles. The van der Waals surface area contributed by atoms with Crippen LogP contribution in [-0.2, 0) is 19.1 Å². The van der Waals surface area contributed by atoms with E-state index in [1.54, 1.807) is 0 Å². The lowest BCUT2D eigenvalue weighted by Crippen LogP contribution is -2.41. The molecule has 1 aliphatic carbocycles. The summed E-state index contributed by atoms with van der Waals surface area (Å²) in [5.74, 6) is -0.172. The molecule has 26 heavy (non-hydrogen) atoms. The Morgan fingerprint density at radius 3 is 2.50 bits per heavy atom. The van der Waals surface area contributed by atoms with E-state index in [4.69, 9.17) is 9.84 Å². The predicted octanol–water partition coefficient (Wildman–Crippen LogP) is 3.64. The van der Waals surface area contributed by atoms with Crippen LogP contribution in [-0.4, -0.2) is 46.6 Å². The second kappa shape index (κ2) is 13.3. The second-order valence-corrected chi connectivity index (χ2v) is 9.52. The molecular formula is C18H31NO5S2. The molecule has 1 saturated carbocycles. The molecule has 6 nitrogen and oxygen atoms in total. The smallest absolute Gasteiger partial charge is 0.327 e. The van der Waals surface area contributed by atoms with Gasteiger partial charge in [-0.15, -0.1) is 0 Å². The van der Waals surface area contributed by atoms with Crippen molar-refractivity contribution in [2.24, 2.45) is 5.92 Å². The van der Waals surface area contributed by atoms with E-state index in [-0.39, 0.29) is 23.7 Å². The van der Waals surface area contributed by atoms with Crippen LogP contribution in [0.1, 0.15) is 65.2 Å². The number of hydrogen-bond donors (Lipinski definition) is 2. The Balaban J connectivity index is 2.22. The molecule has 150 valence electrons. The van der Waals surface area contributed by atoms with E-state index in [0.717, 1.165) is 19.3 Å². The Bertz CT molecular complexity index is 461. The van der Waals surface area contributed by atoms with E-state index in [0.29, 0.717) is 18.1 Å². The minimum atomic E-state index is -1.05. The van der Waals surface area contributed by atoms with Gasteiger partial charge in [-0.05, 0) is 25.2 Å². The monoisotopic (exact) mass is 405 g/mol. The van der Waals surface area contributed by atoms with Crippen LogP contribution in [0.15, 0.2) is 0 Å². The van der Waals surface area contributed by atoms with Crippen LogP contribution in [0.2, 0.25) is 0 Å². The molecule has 0 aromatic rings. The molecule has 8 heteroatoms. The minimum absolute atomic E-state index is 0.0319. The molecule has 1 aliphatic rings. The fraction of sp³-hybridized carbons (Fsp3) is 0.833. The second-order valence-electron chi connectivity index (χ2n) is 6.89. The van der Waals surface area contributed by atoms with Crippen LogP contribution in [0, 0.1) is 5.92 Å². The number of carboxylic acids is 1. The maximum Gasteiger partial charge on any atom is 0.327 e. The van der Waals surface area contributed by atoms with E-state index in [9.17, 15) is 14.4 Å². The van der Waals surface area contributed by atoms with Crippen molar-refractivity contribution >= 4 is 39.4 Å². The van der Waals surface area contributed by atoms with Crippen molar-refractivity contribution in [1.82, 2.24) is 5.32 Å². The van der Waals surface area contributed by atoms with Crippen LogP contribution >= 0.6 is 21.6 Å². The highest BCUT2D eigenvalue weighted by molar-refractivity contribution is 8.76. The maximum atomic E-state index is 12.1. The van der Waals surface area contributed by atoms with Crippen LogP contribution < -0.4 is 5.32 Å². The predicted molar refractivity (Wildman–Crippen MR) is 106 cm³/mol. The Morgan fingerprint density at radius 2 is 1.85 bits per heavy atom. The average Bonchev–Trinajstić information content (AvgIpc) is 2.64. The third-order valence-corrected chi connectivity index (χ3v) is 6.73. The summed E-state index contributed by atoms with van der Waals surface area (Å²) in [6.07, 6.45) is 8.34. The molecule has 0 aromatic carbocycles. The molecule has 1 rings (SSSR count). The van der Waals surface area contributed by atoms with Gasteiger partial charge in [0.1, 0.15) is 12.1 Å². The van der Waals surface area contributed by atoms with Crippen LogP contribution in [0.5, 0.6) is 0 Å². The van der Waals surface area contributed by atoms with Crippen molar-refractivity contribution in [2.75, 3.05) is 11.5 Å². The maximum absolute atomic E-state index is 12.1. The molecule has 1 amide bonds. The lowest BCUT2D eigenvalue weighted by Gasteiger charge is -2.20. The molecule has 2 unspecified atom stereocenters. The standard InChI is InChI=1S/C18H31NO5S2/c1-13-7-5-3-4-6-8-15(11-13)24-17(21)9-10-25-26-12-16(18(22)23)19-14(2)20/h13,15-16H,3-12H2,1-2H3,(H,19,20)(H,22,23)/t13-,15?,16?/m1/s1. The topological polar surface area (TPSA) is 92.7 Å². The van der Waals surface area contributed by atoms with Crippen molar-refractivity contribution in [1.29, 1.82) is 0 Å². The molecule has 0 saturated heterocycles. The van der Waals surface area contributed by atoms with Crippen molar-refractivity contribution in [3.8, 4) is 0 Å². The Kier molecular flexibility index (Phi) is 11.8. The molecule has 1 fully saturated rings. The summed E-state index contributed by atoms with van der Waals surface area (Å²) in [4.78, 5) is 34.0. The van der Waals surface area contributed by atoms with E-state index < -0.39 is 12.0 Å². The van der Waals surface area contributed by atoms with Crippen molar-refractivity contribution < 1.29 is 24.2 Å². The Labute approximate surface area is 164 Å². The third kappa shape index (κ3) is 11.0. The summed E-state index contributed by atoms with van der Waals surface area (Å²) in [5, 5.41) is 11.4. The molecule has 3 atom stereocenters. The number of carbonyl (C=O) groups is 3. The fourth-order valence-electron chi connectivity index (χ4n) is 2.97. The van der Waals surface area contributed by atoms with E-state index >= 15 is 0 Å². The molecule has 0 bridgehead atoms. The summed E-state index contributed by atoms with van der Waals surface area (Å²) in [7, 11) is 2.77. The number of carboxylic acid groups (broad SMARTS) is 1. The van der Waals surface area contributed by atoms with Gasteiger partial charge in [-0.25, -0.2) is 4.79 Å². The SMILES string of the molecule is CC(=O)NC(CSSCCC(=O)OC1CCCCCC[C@@H](C)C1)C(=O)O. The number of rotatable bonds is 9. The first-order chi connectivity index (χ1) is 12.4. The molecule has 0 radical (unpaired) electrons. The lowest BCUT2D eigenvalue weighted by atomic mass is 9.97. The average molecular weight is 406 g/mol. The first kappa shape index (κ1) is 23.1. The highest BCUT2D eigenvalue weighted by atomic mass is 33.1. The number of aliphatic carboxylic acids is 1. The Hall–Kier alpha value is -0.890. The zero-order valence-corrected chi connectivity index (χ0v) is 17.3. The van der Waals surface area contributed by atoms with Crippen LogP contribution in [0.4, 0.5) is 0 Å². The van der Waals surface area contributed by atoms with Crippen LogP contribution in [0.3, 0.4) is 0 Å². The zero-order chi connectivity index (χ0) is 19.4. The van der Waals surface area contributed by atoms with Gasteiger partial charge in [0, 0.05) is 18.4 Å². The molecule has 0 heterocycles. The summed E-state index contributed by atoms with van der Waals surface area (Å²) in [6.45, 7) is 3.52. The van der Waals surface area contributed by atoms with Gasteiger partial charge >= 0.3 is 11.9 Å². The summed E-state index contributed by atoms with van der Waals surface area (Å²) >= 11 is 0. The van der Waals surface area contributed by atoms with Gasteiger partial charge in [0.2, 0.25) is 5.91 Å². The van der Waals surface area contributed by atoms with E-state index in [1.807, 2.05) is 0 Å². The largest absolute Gasteiger partial charge is 0.480 e. The van der Waals surface area contributed by atoms with Crippen LogP contribution in [0.25, 0.3) is 0 Å². The molecular weight excluding hydrogens is 374 g/mol. The van der Waals surface area contributed by atoms with Gasteiger partial charge in [0.25, 0.3) is 0 Å². The molecule has 0 aliphatic heterocycles. The van der Waals surface area contributed by atoms with Gasteiger partial charge < -0.3 is 15.2 Å². The quantitative estimate of drug-likeness (QED) is 0.344. The first-order valence-corrected chi connectivity index (χ1v) is 11.8. The summed E-state index contributed by atoms with van der Waals surface area (Å²) < 4.78 is 5.66. The molecule has 2 N–H and O–H groups in total. The van der Waals surface area contributed by atoms with Gasteiger partial charge in [0.05, 0.1) is 6.42 Å². The van der Waals surface area contributed by atoms with Crippen molar-refractivity contribution in [2.45, 2.75) is 77.4 Å². The number of ether oxygens (including phenoxy) is 1. The van der Waals surface area contributed by atoms with E-state index in [1.165, 1.54) is 54.2 Å². The number of hydrogen-bond acceptors (Lipinski definition) is 6. The minimum Gasteiger partial charge on any atom is -0.480 e. The van der Waals surface area contributed by atoms with Crippen molar-refractivity contribution in [3.05, 3.63) is 0 Å². The highest BCUT2D eigenvalue weighted by Crippen LogP contribution is 2.25. The Morgan fingerprint density at radius 1 is 1.15 bits per heavy atom. The van der Waals surface area contributed by atoms with Gasteiger partial charge in [-0.1, -0.05) is 54.2 Å². The number of carbonyl (C=O) groups excluding carboxylic acids is 2. The lowest BCUT2D eigenvalue weighted by molar-refractivity contribution is -0.149. The number of esters is 1.